The van der Waals surface area contributed by atoms with E-state index in [0.29, 0.717) is 29.2 Å². The first-order valence-corrected chi connectivity index (χ1v) is 10.0. The summed E-state index contributed by atoms with van der Waals surface area (Å²) in [5.41, 5.74) is 2.40. The third kappa shape index (κ3) is 2.98. The summed E-state index contributed by atoms with van der Waals surface area (Å²) < 4.78 is 6.64. The van der Waals surface area contributed by atoms with E-state index in [1.165, 1.54) is 4.68 Å². The first-order chi connectivity index (χ1) is 15.0. The maximum atomic E-state index is 13.6. The molecule has 1 aliphatic carbocycles. The van der Waals surface area contributed by atoms with Crippen molar-refractivity contribution in [2.45, 2.75) is 24.9 Å². The molecule has 8 heteroatoms. The van der Waals surface area contributed by atoms with E-state index in [9.17, 15) is 19.8 Å². The zero-order valence-electron chi connectivity index (χ0n) is 16.9. The number of carbonyl (C=O) groups excluding carboxylic acids is 1. The van der Waals surface area contributed by atoms with Gasteiger partial charge in [-0.3, -0.25) is 4.79 Å². The molecule has 1 saturated carbocycles. The molecule has 1 amide bonds. The molecule has 0 bridgehead atoms. The Morgan fingerprint density at radius 1 is 1.10 bits per heavy atom. The minimum Gasteiger partial charge on any atom is -0.497 e. The molecule has 158 valence electrons. The van der Waals surface area contributed by atoms with Crippen molar-refractivity contribution in [3.05, 3.63) is 71.0 Å². The normalized spacial score (nSPS) is 16.3. The SMILES string of the molecule is COc1ccc(-n2nc(C(=O)O)c3c2C(=O)N(c2ccc(CO)cc2)CC32CC2)cc1. The summed E-state index contributed by atoms with van der Waals surface area (Å²) in [5, 5.41) is 23.5. The van der Waals surface area contributed by atoms with Crippen LogP contribution in [0.2, 0.25) is 0 Å². The summed E-state index contributed by atoms with van der Waals surface area (Å²) in [6.45, 7) is 0.334. The fraction of sp³-hybridized carbons (Fsp3) is 0.261. The maximum Gasteiger partial charge on any atom is 0.356 e. The van der Waals surface area contributed by atoms with Crippen molar-refractivity contribution >= 4 is 17.6 Å². The van der Waals surface area contributed by atoms with Gasteiger partial charge < -0.3 is 19.8 Å². The molecule has 8 nitrogen and oxygen atoms in total. The fourth-order valence-corrected chi connectivity index (χ4v) is 4.31. The van der Waals surface area contributed by atoms with Gasteiger partial charge in [0.1, 0.15) is 11.4 Å². The van der Waals surface area contributed by atoms with Gasteiger partial charge in [-0.15, -0.1) is 0 Å². The van der Waals surface area contributed by atoms with Crippen molar-refractivity contribution < 1.29 is 24.5 Å². The third-order valence-electron chi connectivity index (χ3n) is 6.13. The van der Waals surface area contributed by atoms with Crippen molar-refractivity contribution in [1.29, 1.82) is 0 Å². The standard InChI is InChI=1S/C23H21N3O5/c1-31-17-8-6-16(7-9-17)26-20-18(19(24-26)22(29)30)23(10-11-23)13-25(21(20)28)15-4-2-14(12-27)3-5-15/h2-9,27H,10-13H2,1H3,(H,29,30). The summed E-state index contributed by atoms with van der Waals surface area (Å²) in [7, 11) is 1.56. The van der Waals surface area contributed by atoms with Crippen LogP contribution in [0.3, 0.4) is 0 Å². The lowest BCUT2D eigenvalue weighted by Crippen LogP contribution is -2.44. The maximum absolute atomic E-state index is 13.6. The second kappa shape index (κ2) is 6.95. The van der Waals surface area contributed by atoms with Gasteiger partial charge >= 0.3 is 5.97 Å². The molecule has 1 aliphatic heterocycles. The summed E-state index contributed by atoms with van der Waals surface area (Å²) in [6.07, 6.45) is 1.60. The van der Waals surface area contributed by atoms with E-state index in [-0.39, 0.29) is 23.9 Å². The Balaban J connectivity index is 1.67. The second-order valence-electron chi connectivity index (χ2n) is 7.98. The molecular weight excluding hydrogens is 398 g/mol. The molecule has 1 spiro atoms. The second-order valence-corrected chi connectivity index (χ2v) is 7.98. The number of hydrogen-bond acceptors (Lipinski definition) is 5. The summed E-state index contributed by atoms with van der Waals surface area (Å²) in [4.78, 5) is 27.3. The van der Waals surface area contributed by atoms with E-state index in [0.717, 1.165) is 18.4 Å². The number of methoxy groups -OCH3 is 1. The number of ether oxygens (including phenoxy) is 1. The van der Waals surface area contributed by atoms with Crippen LogP contribution >= 0.6 is 0 Å². The van der Waals surface area contributed by atoms with E-state index in [2.05, 4.69) is 5.10 Å². The van der Waals surface area contributed by atoms with Gasteiger partial charge in [-0.25, -0.2) is 9.48 Å². The van der Waals surface area contributed by atoms with E-state index < -0.39 is 11.4 Å². The topological polar surface area (TPSA) is 105 Å². The number of anilines is 1. The van der Waals surface area contributed by atoms with Crippen molar-refractivity contribution in [2.24, 2.45) is 0 Å². The van der Waals surface area contributed by atoms with Crippen LogP contribution < -0.4 is 9.64 Å². The highest BCUT2D eigenvalue weighted by molar-refractivity contribution is 6.10. The van der Waals surface area contributed by atoms with Gasteiger partial charge in [0.15, 0.2) is 5.69 Å². The van der Waals surface area contributed by atoms with Crippen LogP contribution in [0.5, 0.6) is 5.75 Å². The average Bonchev–Trinajstić information content (AvgIpc) is 3.44. The Morgan fingerprint density at radius 2 is 1.74 bits per heavy atom. The molecule has 0 unspecified atom stereocenters. The Bertz CT molecular complexity index is 1180. The highest BCUT2D eigenvalue weighted by atomic mass is 16.5. The predicted octanol–water partition coefficient (Wildman–Crippen LogP) is 2.76. The van der Waals surface area contributed by atoms with Gasteiger partial charge in [-0.05, 0) is 54.8 Å². The number of carbonyl (C=O) groups is 2. The Labute approximate surface area is 178 Å². The first-order valence-electron chi connectivity index (χ1n) is 10.0. The highest BCUT2D eigenvalue weighted by Gasteiger charge is 2.56. The Morgan fingerprint density at radius 3 is 2.29 bits per heavy atom. The van der Waals surface area contributed by atoms with Gasteiger partial charge in [0.25, 0.3) is 5.91 Å². The molecule has 0 radical (unpaired) electrons. The number of rotatable bonds is 5. The van der Waals surface area contributed by atoms with Gasteiger partial charge in [0.05, 0.1) is 19.4 Å². The highest BCUT2D eigenvalue weighted by Crippen LogP contribution is 2.54. The van der Waals surface area contributed by atoms with E-state index in [4.69, 9.17) is 4.74 Å². The van der Waals surface area contributed by atoms with E-state index in [1.54, 1.807) is 60.5 Å². The average molecular weight is 419 g/mol. The molecule has 5 rings (SSSR count). The minimum atomic E-state index is -1.14. The van der Waals surface area contributed by atoms with Crippen molar-refractivity contribution in [3.63, 3.8) is 0 Å². The lowest BCUT2D eigenvalue weighted by atomic mass is 9.88. The Hall–Kier alpha value is -3.65. The molecule has 2 heterocycles. The van der Waals surface area contributed by atoms with Gasteiger partial charge in [0, 0.05) is 23.2 Å². The van der Waals surface area contributed by atoms with Crippen LogP contribution in [0.25, 0.3) is 5.69 Å². The number of amides is 1. The molecular formula is C23H21N3O5. The zero-order chi connectivity index (χ0) is 21.8. The molecule has 31 heavy (non-hydrogen) atoms. The van der Waals surface area contributed by atoms with Crippen LogP contribution in [0.4, 0.5) is 5.69 Å². The smallest absolute Gasteiger partial charge is 0.356 e. The molecule has 3 aromatic rings. The lowest BCUT2D eigenvalue weighted by Gasteiger charge is -2.33. The minimum absolute atomic E-state index is 0.0630. The number of fused-ring (bicyclic) bond motifs is 2. The fourth-order valence-electron chi connectivity index (χ4n) is 4.31. The monoisotopic (exact) mass is 419 g/mol. The molecule has 1 aromatic heterocycles. The number of aliphatic hydroxyl groups excluding tert-OH is 1. The summed E-state index contributed by atoms with van der Waals surface area (Å²) in [5.74, 6) is -0.776. The van der Waals surface area contributed by atoms with E-state index >= 15 is 0 Å². The number of aromatic nitrogens is 2. The first kappa shape index (κ1) is 19.3. The predicted molar refractivity (Wildman–Crippen MR) is 112 cm³/mol. The largest absolute Gasteiger partial charge is 0.497 e. The van der Waals surface area contributed by atoms with Crippen LogP contribution in [-0.4, -0.2) is 45.5 Å². The van der Waals surface area contributed by atoms with Gasteiger partial charge in [0.2, 0.25) is 0 Å². The number of aromatic carboxylic acids is 1. The van der Waals surface area contributed by atoms with Crippen molar-refractivity contribution in [3.8, 4) is 11.4 Å². The van der Waals surface area contributed by atoms with Gasteiger partial charge in [-0.1, -0.05) is 12.1 Å². The van der Waals surface area contributed by atoms with Crippen LogP contribution in [0.15, 0.2) is 48.5 Å². The number of hydrogen-bond donors (Lipinski definition) is 2. The number of benzene rings is 2. The number of carboxylic acid groups (broad SMARTS) is 1. The quantitative estimate of drug-likeness (QED) is 0.659. The molecule has 2 aromatic carbocycles. The van der Waals surface area contributed by atoms with Crippen LogP contribution in [-0.2, 0) is 12.0 Å². The van der Waals surface area contributed by atoms with Crippen molar-refractivity contribution in [2.75, 3.05) is 18.6 Å². The van der Waals surface area contributed by atoms with Crippen molar-refractivity contribution in [1.82, 2.24) is 9.78 Å². The Kier molecular flexibility index (Phi) is 4.33. The number of nitrogens with zero attached hydrogens (tertiary/aromatic N) is 3. The van der Waals surface area contributed by atoms with E-state index in [1.807, 2.05) is 0 Å². The number of aliphatic hydroxyl groups is 1. The molecule has 0 saturated heterocycles. The zero-order valence-corrected chi connectivity index (χ0v) is 16.9. The number of carboxylic acids is 1. The third-order valence-corrected chi connectivity index (χ3v) is 6.13. The summed E-state index contributed by atoms with van der Waals surface area (Å²) in [6, 6.07) is 14.2. The molecule has 1 fully saturated rings. The molecule has 0 atom stereocenters. The summed E-state index contributed by atoms with van der Waals surface area (Å²) >= 11 is 0. The van der Waals surface area contributed by atoms with Crippen LogP contribution in [0, 0.1) is 0 Å². The lowest BCUT2D eigenvalue weighted by molar-refractivity contribution is 0.0688. The van der Waals surface area contributed by atoms with Crippen LogP contribution in [0.1, 0.15) is 44.9 Å². The van der Waals surface area contributed by atoms with Gasteiger partial charge in [-0.2, -0.15) is 5.10 Å². The molecule has 2 N–H and O–H groups in total. The molecule has 2 aliphatic rings.